The van der Waals surface area contributed by atoms with Crippen molar-refractivity contribution < 1.29 is 0 Å². The third-order valence-electron chi connectivity index (χ3n) is 3.38. The predicted molar refractivity (Wildman–Crippen MR) is 101 cm³/mol. The van der Waals surface area contributed by atoms with Crippen LogP contribution in [0.5, 0.6) is 0 Å². The van der Waals surface area contributed by atoms with Crippen LogP contribution in [0.3, 0.4) is 0 Å². The summed E-state index contributed by atoms with van der Waals surface area (Å²) in [5.41, 5.74) is 3.62. The fourth-order valence-electron chi connectivity index (χ4n) is 2.15. The predicted octanol–water partition coefficient (Wildman–Crippen LogP) is 4.26. The molecule has 2 aromatic carbocycles. The Morgan fingerprint density at radius 2 is 1.83 bits per heavy atom. The highest BCUT2D eigenvalue weighted by Gasteiger charge is 2.06. The van der Waals surface area contributed by atoms with Crippen molar-refractivity contribution in [1.29, 1.82) is 5.26 Å². The Labute approximate surface area is 152 Å². The maximum absolute atomic E-state index is 8.86. The third kappa shape index (κ3) is 3.53. The Kier molecular flexibility index (Phi) is 5.04. The van der Waals surface area contributed by atoms with Crippen molar-refractivity contribution in [2.24, 2.45) is 10.1 Å². The Bertz CT molecular complexity index is 974. The molecule has 0 spiro atoms. The molecule has 0 fully saturated rings. The quantitative estimate of drug-likeness (QED) is 0.610. The molecule has 3 aromatic rings. The summed E-state index contributed by atoms with van der Waals surface area (Å²) in [6, 6.07) is 17.5. The number of nitriles is 1. The molecule has 0 amide bonds. The topological polar surface area (TPSA) is 53.4 Å². The van der Waals surface area contributed by atoms with E-state index in [1.807, 2.05) is 46.5 Å². The molecule has 0 atom stereocenters. The van der Waals surface area contributed by atoms with Gasteiger partial charge in [0.1, 0.15) is 0 Å². The van der Waals surface area contributed by atoms with Crippen molar-refractivity contribution in [2.45, 2.75) is 0 Å². The van der Waals surface area contributed by atoms with Gasteiger partial charge in [-0.05, 0) is 29.8 Å². The van der Waals surface area contributed by atoms with Gasteiger partial charge in [0.2, 0.25) is 4.80 Å². The summed E-state index contributed by atoms with van der Waals surface area (Å²) in [6.45, 7) is 0. The molecular formula is C18H13BrN4S. The second-order valence-corrected chi connectivity index (χ2v) is 6.68. The van der Waals surface area contributed by atoms with E-state index in [1.54, 1.807) is 36.7 Å². The lowest BCUT2D eigenvalue weighted by molar-refractivity contribution is 0.848. The van der Waals surface area contributed by atoms with E-state index < -0.39 is 0 Å². The molecule has 4 nitrogen and oxygen atoms in total. The lowest BCUT2D eigenvalue weighted by Crippen LogP contribution is -2.11. The molecule has 0 aliphatic rings. The zero-order chi connectivity index (χ0) is 16.9. The molecule has 0 radical (unpaired) electrons. The number of halogens is 1. The Balaban J connectivity index is 2.00. The van der Waals surface area contributed by atoms with Crippen LogP contribution in [-0.4, -0.2) is 17.9 Å². The fraction of sp³-hybridized carbons (Fsp3) is 0.0556. The van der Waals surface area contributed by atoms with E-state index in [4.69, 9.17) is 5.26 Å². The van der Waals surface area contributed by atoms with Crippen LogP contribution in [0.15, 0.2) is 68.5 Å². The van der Waals surface area contributed by atoms with Crippen molar-refractivity contribution in [3.63, 3.8) is 0 Å². The van der Waals surface area contributed by atoms with Gasteiger partial charge in [0.25, 0.3) is 0 Å². The van der Waals surface area contributed by atoms with Crippen molar-refractivity contribution >= 4 is 33.5 Å². The van der Waals surface area contributed by atoms with E-state index in [-0.39, 0.29) is 0 Å². The lowest BCUT2D eigenvalue weighted by atomic mass is 10.2. The van der Waals surface area contributed by atoms with Crippen molar-refractivity contribution in [3.05, 3.63) is 74.3 Å². The molecule has 0 aliphatic heterocycles. The lowest BCUT2D eigenvalue weighted by Gasteiger charge is -2.03. The van der Waals surface area contributed by atoms with Gasteiger partial charge in [-0.3, -0.25) is 4.99 Å². The molecule has 0 N–H and O–H groups in total. The van der Waals surface area contributed by atoms with Gasteiger partial charge in [0, 0.05) is 22.5 Å². The van der Waals surface area contributed by atoms with E-state index in [1.165, 1.54) is 0 Å². The highest BCUT2D eigenvalue weighted by atomic mass is 79.9. The first-order chi connectivity index (χ1) is 11.7. The van der Waals surface area contributed by atoms with Crippen LogP contribution < -0.4 is 4.80 Å². The Morgan fingerprint density at radius 3 is 2.46 bits per heavy atom. The molecule has 1 aromatic heterocycles. The summed E-state index contributed by atoms with van der Waals surface area (Å²) in [7, 11) is 1.75. The van der Waals surface area contributed by atoms with E-state index >= 15 is 0 Å². The van der Waals surface area contributed by atoms with Crippen molar-refractivity contribution in [1.82, 2.24) is 4.68 Å². The standard InChI is InChI=1S/C18H13BrN4S/c1-21-18-23(22-11-14-4-2-13(10-20)3-5-14)17(12-24-18)15-6-8-16(19)9-7-15/h2-9,11-12H,1H3/b21-18?,22-11-. The fourth-order valence-corrected chi connectivity index (χ4v) is 3.22. The minimum Gasteiger partial charge on any atom is -0.261 e. The number of rotatable bonds is 3. The van der Waals surface area contributed by atoms with Crippen LogP contribution >= 0.6 is 27.3 Å². The summed E-state index contributed by atoms with van der Waals surface area (Å²) in [5.74, 6) is 0. The summed E-state index contributed by atoms with van der Waals surface area (Å²) in [5, 5.41) is 15.5. The number of benzene rings is 2. The minimum atomic E-state index is 0.634. The van der Waals surface area contributed by atoms with Crippen LogP contribution in [0.4, 0.5) is 0 Å². The SMILES string of the molecule is CN=c1scc(-c2ccc(Br)cc2)n1/N=C\c1ccc(C#N)cc1. The smallest absolute Gasteiger partial charge is 0.205 e. The number of aromatic nitrogens is 1. The molecule has 3 rings (SSSR count). The molecule has 1 heterocycles. The average molecular weight is 397 g/mol. The number of hydrogen-bond acceptors (Lipinski definition) is 4. The molecule has 0 aliphatic carbocycles. The van der Waals surface area contributed by atoms with Crippen LogP contribution in [0.2, 0.25) is 0 Å². The molecule has 24 heavy (non-hydrogen) atoms. The third-order valence-corrected chi connectivity index (χ3v) is 4.81. The van der Waals surface area contributed by atoms with Gasteiger partial charge in [0.05, 0.1) is 23.5 Å². The first-order valence-corrected chi connectivity index (χ1v) is 8.82. The molecular weight excluding hydrogens is 384 g/mol. The summed E-state index contributed by atoms with van der Waals surface area (Å²) >= 11 is 5.00. The molecule has 6 heteroatoms. The molecule has 0 saturated carbocycles. The van der Waals surface area contributed by atoms with Gasteiger partial charge in [-0.1, -0.05) is 40.2 Å². The Hall–Kier alpha value is -2.49. The van der Waals surface area contributed by atoms with Crippen LogP contribution in [-0.2, 0) is 0 Å². The molecule has 0 unspecified atom stereocenters. The monoisotopic (exact) mass is 396 g/mol. The first-order valence-electron chi connectivity index (χ1n) is 7.15. The maximum Gasteiger partial charge on any atom is 0.205 e. The van der Waals surface area contributed by atoms with Crippen LogP contribution in [0.1, 0.15) is 11.1 Å². The largest absolute Gasteiger partial charge is 0.261 e. The Morgan fingerprint density at radius 1 is 1.12 bits per heavy atom. The second kappa shape index (κ2) is 7.39. The average Bonchev–Trinajstić information content (AvgIpc) is 3.04. The minimum absolute atomic E-state index is 0.634. The van der Waals surface area contributed by atoms with E-state index in [2.05, 4.69) is 32.1 Å². The number of thiazole rings is 1. The van der Waals surface area contributed by atoms with E-state index in [0.29, 0.717) is 5.56 Å². The van der Waals surface area contributed by atoms with Gasteiger partial charge < -0.3 is 0 Å². The van der Waals surface area contributed by atoms with Crippen molar-refractivity contribution in [3.8, 4) is 17.3 Å². The molecule has 118 valence electrons. The number of hydrogen-bond donors (Lipinski definition) is 0. The van der Waals surface area contributed by atoms with E-state index in [0.717, 1.165) is 26.1 Å². The summed E-state index contributed by atoms with van der Waals surface area (Å²) < 4.78 is 2.86. The van der Waals surface area contributed by atoms with Gasteiger partial charge in [0.15, 0.2) is 0 Å². The van der Waals surface area contributed by atoms with Crippen LogP contribution in [0.25, 0.3) is 11.3 Å². The normalized spacial score (nSPS) is 11.8. The van der Waals surface area contributed by atoms with Gasteiger partial charge in [-0.15, -0.1) is 11.3 Å². The van der Waals surface area contributed by atoms with Crippen molar-refractivity contribution in [2.75, 3.05) is 7.05 Å². The summed E-state index contributed by atoms with van der Waals surface area (Å²) in [6.07, 6.45) is 1.77. The number of nitrogens with zero attached hydrogens (tertiary/aromatic N) is 4. The first kappa shape index (κ1) is 16.4. The second-order valence-electron chi connectivity index (χ2n) is 4.92. The summed E-state index contributed by atoms with van der Waals surface area (Å²) in [4.78, 5) is 5.11. The van der Waals surface area contributed by atoms with Gasteiger partial charge >= 0.3 is 0 Å². The highest BCUT2D eigenvalue weighted by Crippen LogP contribution is 2.22. The van der Waals surface area contributed by atoms with Gasteiger partial charge in [-0.2, -0.15) is 10.4 Å². The van der Waals surface area contributed by atoms with E-state index in [9.17, 15) is 0 Å². The molecule has 0 bridgehead atoms. The zero-order valence-electron chi connectivity index (χ0n) is 12.8. The highest BCUT2D eigenvalue weighted by molar-refractivity contribution is 9.10. The van der Waals surface area contributed by atoms with Gasteiger partial charge in [-0.25, -0.2) is 4.68 Å². The maximum atomic E-state index is 8.86. The molecule has 0 saturated heterocycles. The van der Waals surface area contributed by atoms with Crippen LogP contribution in [0, 0.1) is 11.3 Å². The zero-order valence-corrected chi connectivity index (χ0v) is 15.3.